The molecule has 0 radical (unpaired) electrons. The summed E-state index contributed by atoms with van der Waals surface area (Å²) in [6, 6.07) is 5.15. The molecule has 1 aliphatic heterocycles. The Morgan fingerprint density at radius 1 is 1.07 bits per heavy atom. The molecule has 0 unspecified atom stereocenters. The third kappa shape index (κ3) is 6.17. The smallest absolute Gasteiger partial charge is 0.298 e. The zero-order valence-corrected chi connectivity index (χ0v) is 16.7. The van der Waals surface area contributed by atoms with Crippen LogP contribution in [0.2, 0.25) is 0 Å². The van der Waals surface area contributed by atoms with E-state index < -0.39 is 21.9 Å². The highest BCUT2D eigenvalue weighted by atomic mass is 32.2. The number of hydrogen-bond donors (Lipinski definition) is 0. The first kappa shape index (κ1) is 22.1. The van der Waals surface area contributed by atoms with Crippen LogP contribution in [-0.2, 0) is 22.9 Å². The van der Waals surface area contributed by atoms with Crippen LogP contribution in [0.1, 0.15) is 37.3 Å². The maximum Gasteiger partial charge on any atom is 0.416 e. The third-order valence-corrected chi connectivity index (χ3v) is 6.77. The molecule has 0 atom stereocenters. The average molecular weight is 408 g/mol. The van der Waals surface area contributed by atoms with E-state index in [1.54, 1.807) is 7.05 Å². The first-order valence-corrected chi connectivity index (χ1v) is 10.6. The zero-order chi connectivity index (χ0) is 20.1. The second-order valence-corrected chi connectivity index (χ2v) is 8.94. The molecule has 0 aromatic heterocycles. The Hall–Kier alpha value is -1.16. The van der Waals surface area contributed by atoms with Crippen LogP contribution in [-0.4, -0.2) is 61.7 Å². The number of benzene rings is 1. The molecular formula is C18H28F3N3O2S. The van der Waals surface area contributed by atoms with Crippen LogP contribution in [0.25, 0.3) is 0 Å². The summed E-state index contributed by atoms with van der Waals surface area (Å²) >= 11 is 0. The quantitative estimate of drug-likeness (QED) is 0.697. The molecule has 2 rings (SSSR count). The van der Waals surface area contributed by atoms with E-state index in [-0.39, 0.29) is 0 Å². The number of rotatable bonds is 7. The normalized spacial score (nSPS) is 18.0. The van der Waals surface area contributed by atoms with E-state index >= 15 is 0 Å². The van der Waals surface area contributed by atoms with Gasteiger partial charge in [0.25, 0.3) is 10.2 Å². The first-order valence-electron chi connectivity index (χ1n) is 9.24. The van der Waals surface area contributed by atoms with Gasteiger partial charge in [0.05, 0.1) is 5.56 Å². The Bertz CT molecular complexity index is 693. The Balaban J connectivity index is 1.94. The maximum absolute atomic E-state index is 12.7. The topological polar surface area (TPSA) is 43.9 Å². The Morgan fingerprint density at radius 2 is 1.74 bits per heavy atom. The number of hydrogen-bond acceptors (Lipinski definition) is 3. The monoisotopic (exact) mass is 407 g/mol. The number of alkyl halides is 3. The lowest BCUT2D eigenvalue weighted by Gasteiger charge is -2.26. The van der Waals surface area contributed by atoms with Gasteiger partial charge in [-0.3, -0.25) is 4.90 Å². The van der Waals surface area contributed by atoms with Crippen molar-refractivity contribution in [2.75, 3.05) is 39.8 Å². The van der Waals surface area contributed by atoms with Crippen LogP contribution in [0.15, 0.2) is 24.3 Å². The lowest BCUT2D eigenvalue weighted by atomic mass is 10.1. The minimum Gasteiger partial charge on any atom is -0.298 e. The summed E-state index contributed by atoms with van der Waals surface area (Å²) in [7, 11) is -1.85. The molecule has 1 heterocycles. The highest BCUT2D eigenvalue weighted by Crippen LogP contribution is 2.29. The molecule has 27 heavy (non-hydrogen) atoms. The van der Waals surface area contributed by atoms with Gasteiger partial charge in [-0.2, -0.15) is 30.2 Å². The van der Waals surface area contributed by atoms with Gasteiger partial charge in [-0.15, -0.1) is 0 Å². The molecule has 0 bridgehead atoms. The summed E-state index contributed by atoms with van der Waals surface area (Å²) in [6.07, 6.45) is -1.88. The van der Waals surface area contributed by atoms with Crippen molar-refractivity contribution < 1.29 is 21.6 Å². The van der Waals surface area contributed by atoms with Gasteiger partial charge in [-0.25, -0.2) is 0 Å². The third-order valence-electron chi connectivity index (χ3n) is 4.78. The van der Waals surface area contributed by atoms with E-state index in [9.17, 15) is 21.6 Å². The molecule has 5 nitrogen and oxygen atoms in total. The fourth-order valence-electron chi connectivity index (χ4n) is 3.09. The molecule has 0 aliphatic carbocycles. The number of halogens is 3. The molecule has 154 valence electrons. The van der Waals surface area contributed by atoms with Gasteiger partial charge in [0.15, 0.2) is 0 Å². The van der Waals surface area contributed by atoms with Crippen molar-refractivity contribution in [3.8, 4) is 0 Å². The molecule has 1 aromatic carbocycles. The summed E-state index contributed by atoms with van der Waals surface area (Å²) in [5, 5.41) is 0. The van der Waals surface area contributed by atoms with E-state index in [1.165, 1.54) is 20.7 Å². The van der Waals surface area contributed by atoms with E-state index in [1.807, 2.05) is 6.92 Å². The summed E-state index contributed by atoms with van der Waals surface area (Å²) in [5.74, 6) is 0. The molecule has 1 fully saturated rings. The van der Waals surface area contributed by atoms with Crippen molar-refractivity contribution >= 4 is 10.2 Å². The van der Waals surface area contributed by atoms with Gasteiger partial charge in [0, 0.05) is 39.8 Å². The molecule has 9 heteroatoms. The highest BCUT2D eigenvalue weighted by molar-refractivity contribution is 7.86. The molecule has 1 aliphatic rings. The van der Waals surface area contributed by atoms with E-state index in [0.717, 1.165) is 30.5 Å². The SMILES string of the molecule is CCCCN(C)S(=O)(=O)N1CCCN(Cc2ccc(C(F)(F)F)cc2)CC1. The van der Waals surface area contributed by atoms with Crippen LogP contribution >= 0.6 is 0 Å². The minimum atomic E-state index is -4.33. The highest BCUT2D eigenvalue weighted by Gasteiger charge is 2.30. The van der Waals surface area contributed by atoms with Crippen molar-refractivity contribution in [2.45, 2.75) is 38.9 Å². The van der Waals surface area contributed by atoms with Crippen molar-refractivity contribution in [1.29, 1.82) is 0 Å². The van der Waals surface area contributed by atoms with Crippen LogP contribution in [0.3, 0.4) is 0 Å². The number of unbranched alkanes of at least 4 members (excludes halogenated alkanes) is 1. The van der Waals surface area contributed by atoms with Crippen LogP contribution in [0.4, 0.5) is 13.2 Å². The fourth-order valence-corrected chi connectivity index (χ4v) is 4.51. The van der Waals surface area contributed by atoms with Gasteiger partial charge in [0.2, 0.25) is 0 Å². The number of nitrogens with zero attached hydrogens (tertiary/aromatic N) is 3. The van der Waals surface area contributed by atoms with Crippen LogP contribution in [0.5, 0.6) is 0 Å². The Morgan fingerprint density at radius 3 is 2.33 bits per heavy atom. The molecule has 1 aromatic rings. The summed E-state index contributed by atoms with van der Waals surface area (Å²) in [5.41, 5.74) is 0.133. The summed E-state index contributed by atoms with van der Waals surface area (Å²) in [6.45, 7) is 5.16. The van der Waals surface area contributed by atoms with Crippen molar-refractivity contribution in [3.63, 3.8) is 0 Å². The molecule has 0 saturated carbocycles. The predicted octanol–water partition coefficient (Wildman–Crippen LogP) is 3.19. The molecular weight excluding hydrogens is 379 g/mol. The van der Waals surface area contributed by atoms with E-state index in [2.05, 4.69) is 4.90 Å². The minimum absolute atomic E-state index is 0.388. The van der Waals surface area contributed by atoms with Crippen LogP contribution in [0, 0.1) is 0 Å². The van der Waals surface area contributed by atoms with Crippen molar-refractivity contribution in [2.24, 2.45) is 0 Å². The standard InChI is InChI=1S/C18H28F3N3O2S/c1-3-4-10-22(2)27(25,26)24-12-5-11-23(13-14-24)15-16-6-8-17(9-7-16)18(19,20)21/h6-9H,3-5,10-15H2,1-2H3. The molecule has 0 amide bonds. The second-order valence-electron chi connectivity index (χ2n) is 6.91. The van der Waals surface area contributed by atoms with Crippen molar-refractivity contribution in [3.05, 3.63) is 35.4 Å². The van der Waals surface area contributed by atoms with Gasteiger partial charge < -0.3 is 0 Å². The van der Waals surface area contributed by atoms with Gasteiger partial charge in [-0.1, -0.05) is 25.5 Å². The lowest BCUT2D eigenvalue weighted by molar-refractivity contribution is -0.137. The predicted molar refractivity (Wildman–Crippen MR) is 99.4 cm³/mol. The second kappa shape index (κ2) is 9.36. The van der Waals surface area contributed by atoms with E-state index in [4.69, 9.17) is 0 Å². The first-order chi connectivity index (χ1) is 12.6. The zero-order valence-electron chi connectivity index (χ0n) is 15.9. The lowest BCUT2D eigenvalue weighted by Crippen LogP contribution is -2.43. The molecule has 1 saturated heterocycles. The van der Waals surface area contributed by atoms with Gasteiger partial charge >= 0.3 is 6.18 Å². The fraction of sp³-hybridized carbons (Fsp3) is 0.667. The molecule has 0 N–H and O–H groups in total. The molecule has 0 spiro atoms. The maximum atomic E-state index is 12.7. The van der Waals surface area contributed by atoms with Gasteiger partial charge in [-0.05, 0) is 37.1 Å². The summed E-state index contributed by atoms with van der Waals surface area (Å²) in [4.78, 5) is 2.09. The van der Waals surface area contributed by atoms with Crippen molar-refractivity contribution in [1.82, 2.24) is 13.5 Å². The van der Waals surface area contributed by atoms with E-state index in [0.29, 0.717) is 45.7 Å². The van der Waals surface area contributed by atoms with Crippen LogP contribution < -0.4 is 0 Å². The largest absolute Gasteiger partial charge is 0.416 e. The average Bonchev–Trinajstić information content (AvgIpc) is 2.85. The summed E-state index contributed by atoms with van der Waals surface area (Å²) < 4.78 is 66.2. The van der Waals surface area contributed by atoms with Gasteiger partial charge in [0.1, 0.15) is 0 Å². The Kier molecular flexibility index (Phi) is 7.67. The Labute approximate surface area is 159 Å².